The maximum absolute atomic E-state index is 13.1. The Bertz CT molecular complexity index is 738. The zero-order valence-electron chi connectivity index (χ0n) is 11.5. The summed E-state index contributed by atoms with van der Waals surface area (Å²) in [5.74, 6) is 0. The molecule has 2 heterocycles. The van der Waals surface area contributed by atoms with Gasteiger partial charge in [0.05, 0.1) is 12.7 Å². The Hall–Kier alpha value is -2.38. The van der Waals surface area contributed by atoms with Crippen LogP contribution in [0.5, 0.6) is 6.01 Å². The van der Waals surface area contributed by atoms with Crippen LogP contribution in [-0.2, 0) is 6.18 Å². The van der Waals surface area contributed by atoms with Gasteiger partial charge in [-0.3, -0.25) is 4.79 Å². The molecule has 21 heavy (non-hydrogen) atoms. The number of rotatable bonds is 2. The largest absolute Gasteiger partial charge is 0.467 e. The number of pyridine rings is 1. The Morgan fingerprint density at radius 3 is 2.48 bits per heavy atom. The number of alkyl halides is 3. The van der Waals surface area contributed by atoms with E-state index in [2.05, 4.69) is 19.7 Å². The lowest BCUT2D eigenvalue weighted by atomic mass is 10.0. The number of hydrogen-bond acceptors (Lipinski definition) is 4. The summed E-state index contributed by atoms with van der Waals surface area (Å²) in [5, 5.41) is 0. The summed E-state index contributed by atoms with van der Waals surface area (Å²) in [7, 11) is 1.17. The number of aromatic amines is 1. The van der Waals surface area contributed by atoms with Crippen molar-refractivity contribution >= 4 is 0 Å². The molecule has 0 spiro atoms. The maximum atomic E-state index is 13.1. The molecule has 0 saturated carbocycles. The highest BCUT2D eigenvalue weighted by molar-refractivity contribution is 5.68. The van der Waals surface area contributed by atoms with Gasteiger partial charge in [0.2, 0.25) is 0 Å². The van der Waals surface area contributed by atoms with E-state index in [1.807, 2.05) is 0 Å². The molecule has 0 amide bonds. The van der Waals surface area contributed by atoms with Gasteiger partial charge in [0, 0.05) is 17.5 Å². The van der Waals surface area contributed by atoms with Gasteiger partial charge < -0.3 is 9.72 Å². The molecule has 5 nitrogen and oxygen atoms in total. The number of aromatic nitrogens is 3. The third-order valence-electron chi connectivity index (χ3n) is 2.85. The third kappa shape index (κ3) is 2.88. The molecule has 2 aromatic rings. The average Bonchev–Trinajstić information content (AvgIpc) is 2.36. The van der Waals surface area contributed by atoms with E-state index in [-0.39, 0.29) is 11.1 Å². The Morgan fingerprint density at radius 1 is 1.29 bits per heavy atom. The van der Waals surface area contributed by atoms with Crippen LogP contribution in [0.15, 0.2) is 17.1 Å². The SMILES string of the molecule is COc1ncc(-c2c(C)cc(C)[nH]c2=O)c(C(F)(F)F)n1. The summed E-state index contributed by atoms with van der Waals surface area (Å²) in [6.45, 7) is 3.20. The van der Waals surface area contributed by atoms with Gasteiger partial charge in [-0.25, -0.2) is 4.98 Å². The molecule has 8 heteroatoms. The van der Waals surface area contributed by atoms with Crippen LogP contribution in [0, 0.1) is 13.8 Å². The van der Waals surface area contributed by atoms with E-state index in [9.17, 15) is 18.0 Å². The summed E-state index contributed by atoms with van der Waals surface area (Å²) in [6.07, 6.45) is -3.78. The van der Waals surface area contributed by atoms with Crippen LogP contribution in [0.25, 0.3) is 11.1 Å². The predicted octanol–water partition coefficient (Wildman–Crippen LogP) is 2.48. The van der Waals surface area contributed by atoms with E-state index < -0.39 is 23.4 Å². The van der Waals surface area contributed by atoms with Gasteiger partial charge in [0.1, 0.15) is 0 Å². The second-order valence-corrected chi connectivity index (χ2v) is 4.46. The highest BCUT2D eigenvalue weighted by Crippen LogP contribution is 2.35. The molecule has 0 atom stereocenters. The first-order chi connectivity index (χ1) is 9.74. The van der Waals surface area contributed by atoms with Crippen LogP contribution in [0.1, 0.15) is 17.0 Å². The zero-order valence-corrected chi connectivity index (χ0v) is 11.5. The van der Waals surface area contributed by atoms with Crippen LogP contribution in [-0.4, -0.2) is 22.1 Å². The second kappa shape index (κ2) is 5.19. The van der Waals surface area contributed by atoms with Gasteiger partial charge in [-0.1, -0.05) is 0 Å². The van der Waals surface area contributed by atoms with Crippen LogP contribution in [0.2, 0.25) is 0 Å². The van der Waals surface area contributed by atoms with Crippen molar-refractivity contribution in [1.29, 1.82) is 0 Å². The molecular formula is C13H12F3N3O2. The minimum absolute atomic E-state index is 0.101. The molecule has 0 radical (unpaired) electrons. The van der Waals surface area contributed by atoms with E-state index in [4.69, 9.17) is 0 Å². The van der Waals surface area contributed by atoms with Crippen molar-refractivity contribution < 1.29 is 17.9 Å². The van der Waals surface area contributed by atoms with E-state index in [0.29, 0.717) is 11.3 Å². The van der Waals surface area contributed by atoms with Crippen molar-refractivity contribution in [1.82, 2.24) is 15.0 Å². The molecular weight excluding hydrogens is 287 g/mol. The standard InChI is InChI=1S/C13H12F3N3O2/c1-6-4-7(2)18-11(20)9(6)8-5-17-12(21-3)19-10(8)13(14,15)16/h4-5H,1-3H3,(H,18,20). The quantitative estimate of drug-likeness (QED) is 0.925. The van der Waals surface area contributed by atoms with Gasteiger partial charge in [-0.15, -0.1) is 0 Å². The molecule has 0 aromatic carbocycles. The van der Waals surface area contributed by atoms with E-state index >= 15 is 0 Å². The van der Waals surface area contributed by atoms with Crippen LogP contribution in [0.4, 0.5) is 13.2 Å². The maximum Gasteiger partial charge on any atom is 0.434 e. The van der Waals surface area contributed by atoms with Gasteiger partial charge in [-0.05, 0) is 25.5 Å². The summed E-state index contributed by atoms with van der Waals surface area (Å²) in [4.78, 5) is 21.5. The Kier molecular flexibility index (Phi) is 3.71. The highest BCUT2D eigenvalue weighted by Gasteiger charge is 2.37. The summed E-state index contributed by atoms with van der Waals surface area (Å²) in [5.41, 5.74) is -1.32. The minimum Gasteiger partial charge on any atom is -0.467 e. The Morgan fingerprint density at radius 2 is 1.95 bits per heavy atom. The molecule has 0 aliphatic heterocycles. The lowest BCUT2D eigenvalue weighted by Crippen LogP contribution is -2.17. The van der Waals surface area contributed by atoms with Crippen LogP contribution < -0.4 is 10.3 Å². The van der Waals surface area contributed by atoms with Crippen LogP contribution in [0.3, 0.4) is 0 Å². The lowest BCUT2D eigenvalue weighted by Gasteiger charge is -2.13. The first-order valence-corrected chi connectivity index (χ1v) is 5.93. The number of hydrogen-bond donors (Lipinski definition) is 1. The molecule has 2 aromatic heterocycles. The summed E-state index contributed by atoms with van der Waals surface area (Å²) in [6, 6.07) is 1.17. The van der Waals surface area contributed by atoms with E-state index in [1.165, 1.54) is 7.11 Å². The van der Waals surface area contributed by atoms with Gasteiger partial charge in [0.15, 0.2) is 5.69 Å². The number of halogens is 3. The number of methoxy groups -OCH3 is 1. The van der Waals surface area contributed by atoms with E-state index in [1.54, 1.807) is 19.9 Å². The Labute approximate surface area is 117 Å². The summed E-state index contributed by atoms with van der Waals surface area (Å²) >= 11 is 0. The number of aryl methyl sites for hydroxylation is 2. The topological polar surface area (TPSA) is 67.9 Å². The van der Waals surface area contributed by atoms with Gasteiger partial charge in [0.25, 0.3) is 5.56 Å². The Balaban J connectivity index is 2.79. The third-order valence-corrected chi connectivity index (χ3v) is 2.85. The smallest absolute Gasteiger partial charge is 0.434 e. The minimum atomic E-state index is -4.73. The molecule has 1 N–H and O–H groups in total. The van der Waals surface area contributed by atoms with Crippen molar-refractivity contribution in [2.75, 3.05) is 7.11 Å². The molecule has 2 rings (SSSR count). The summed E-state index contributed by atoms with van der Waals surface area (Å²) < 4.78 is 44.0. The van der Waals surface area contributed by atoms with Gasteiger partial charge in [-0.2, -0.15) is 18.2 Å². The number of ether oxygens (including phenoxy) is 1. The fraction of sp³-hybridized carbons (Fsp3) is 0.308. The molecule has 112 valence electrons. The average molecular weight is 299 g/mol. The lowest BCUT2D eigenvalue weighted by molar-refractivity contribution is -0.140. The molecule has 0 bridgehead atoms. The van der Waals surface area contributed by atoms with E-state index in [0.717, 1.165) is 6.20 Å². The first-order valence-electron chi connectivity index (χ1n) is 5.93. The van der Waals surface area contributed by atoms with Crippen LogP contribution >= 0.6 is 0 Å². The fourth-order valence-electron chi connectivity index (χ4n) is 2.05. The molecule has 0 unspecified atom stereocenters. The number of nitrogens with one attached hydrogen (secondary N) is 1. The number of nitrogens with zero attached hydrogens (tertiary/aromatic N) is 2. The monoisotopic (exact) mass is 299 g/mol. The molecule has 0 aliphatic carbocycles. The predicted molar refractivity (Wildman–Crippen MR) is 69.1 cm³/mol. The van der Waals surface area contributed by atoms with Crippen molar-refractivity contribution in [3.63, 3.8) is 0 Å². The molecule has 0 saturated heterocycles. The first kappa shape index (κ1) is 15.0. The fourth-order valence-corrected chi connectivity index (χ4v) is 2.05. The zero-order chi connectivity index (χ0) is 15.8. The van der Waals surface area contributed by atoms with Crippen molar-refractivity contribution in [3.8, 4) is 17.1 Å². The highest BCUT2D eigenvalue weighted by atomic mass is 19.4. The molecule has 0 aliphatic rings. The van der Waals surface area contributed by atoms with Gasteiger partial charge >= 0.3 is 12.2 Å². The second-order valence-electron chi connectivity index (χ2n) is 4.46. The van der Waals surface area contributed by atoms with Crippen molar-refractivity contribution in [2.45, 2.75) is 20.0 Å². The van der Waals surface area contributed by atoms with Crippen molar-refractivity contribution in [3.05, 3.63) is 39.6 Å². The van der Waals surface area contributed by atoms with Crippen molar-refractivity contribution in [2.24, 2.45) is 0 Å². The normalized spacial score (nSPS) is 11.5. The number of H-pyrrole nitrogens is 1. The molecule has 0 fully saturated rings.